The standard InChI is InChI=1S/C19H31N5O/c25-19(24(14-15-10-11-15)16-7-3-1-4-8-16)20-13-18-22-21-17-9-5-2-6-12-23(17)18/h15-16H,1-14H2,(H,20,25). The number of carbonyl (C=O) groups is 1. The fourth-order valence-electron chi connectivity index (χ4n) is 4.30. The lowest BCUT2D eigenvalue weighted by atomic mass is 9.94. The summed E-state index contributed by atoms with van der Waals surface area (Å²) in [6.07, 6.45) is 13.4. The van der Waals surface area contributed by atoms with Gasteiger partial charge in [0.2, 0.25) is 0 Å². The predicted octanol–water partition coefficient (Wildman–Crippen LogP) is 3.26. The van der Waals surface area contributed by atoms with Gasteiger partial charge in [-0.3, -0.25) is 0 Å². The van der Waals surface area contributed by atoms with Crippen LogP contribution in [-0.2, 0) is 19.5 Å². The summed E-state index contributed by atoms with van der Waals surface area (Å²) in [6, 6.07) is 0.537. The quantitative estimate of drug-likeness (QED) is 0.891. The Morgan fingerprint density at radius 2 is 1.84 bits per heavy atom. The molecule has 0 aromatic carbocycles. The molecule has 1 aromatic heterocycles. The maximum Gasteiger partial charge on any atom is 0.318 e. The monoisotopic (exact) mass is 345 g/mol. The summed E-state index contributed by atoms with van der Waals surface area (Å²) in [6.45, 7) is 2.43. The summed E-state index contributed by atoms with van der Waals surface area (Å²) in [5.74, 6) is 2.74. The van der Waals surface area contributed by atoms with Gasteiger partial charge in [0.1, 0.15) is 5.82 Å². The molecule has 1 aliphatic heterocycles. The van der Waals surface area contributed by atoms with Crippen LogP contribution in [0, 0.1) is 5.92 Å². The van der Waals surface area contributed by atoms with Crippen molar-refractivity contribution in [2.45, 2.75) is 89.8 Å². The van der Waals surface area contributed by atoms with E-state index in [0.29, 0.717) is 12.6 Å². The van der Waals surface area contributed by atoms with Gasteiger partial charge in [-0.25, -0.2) is 4.79 Å². The summed E-state index contributed by atoms with van der Waals surface area (Å²) in [7, 11) is 0. The number of hydrogen-bond donors (Lipinski definition) is 1. The zero-order valence-electron chi connectivity index (χ0n) is 15.3. The van der Waals surface area contributed by atoms with E-state index < -0.39 is 0 Å². The third-order valence-corrected chi connectivity index (χ3v) is 6.01. The average molecular weight is 345 g/mol. The van der Waals surface area contributed by atoms with Gasteiger partial charge in [0, 0.05) is 25.6 Å². The first kappa shape index (κ1) is 16.9. The van der Waals surface area contributed by atoms with E-state index in [0.717, 1.165) is 37.1 Å². The number of hydrogen-bond acceptors (Lipinski definition) is 3. The molecule has 0 spiro atoms. The number of nitrogens with zero attached hydrogens (tertiary/aromatic N) is 4. The molecule has 0 radical (unpaired) electrons. The van der Waals surface area contributed by atoms with E-state index in [1.165, 1.54) is 64.2 Å². The van der Waals surface area contributed by atoms with E-state index in [1.807, 2.05) is 0 Å². The van der Waals surface area contributed by atoms with Crippen molar-refractivity contribution in [3.63, 3.8) is 0 Å². The first-order valence-electron chi connectivity index (χ1n) is 10.3. The zero-order valence-corrected chi connectivity index (χ0v) is 15.3. The molecule has 2 heterocycles. The highest BCUT2D eigenvalue weighted by Gasteiger charge is 2.32. The van der Waals surface area contributed by atoms with Crippen LogP contribution in [0.2, 0.25) is 0 Å². The van der Waals surface area contributed by atoms with Crippen LogP contribution >= 0.6 is 0 Å². The Morgan fingerprint density at radius 3 is 2.64 bits per heavy atom. The minimum absolute atomic E-state index is 0.102. The van der Waals surface area contributed by atoms with Gasteiger partial charge in [-0.15, -0.1) is 10.2 Å². The summed E-state index contributed by atoms with van der Waals surface area (Å²) in [5.41, 5.74) is 0. The van der Waals surface area contributed by atoms with Crippen molar-refractivity contribution < 1.29 is 4.79 Å². The van der Waals surface area contributed by atoms with Gasteiger partial charge in [0.05, 0.1) is 6.54 Å². The van der Waals surface area contributed by atoms with E-state index >= 15 is 0 Å². The summed E-state index contributed by atoms with van der Waals surface area (Å²) in [4.78, 5) is 15.0. The topological polar surface area (TPSA) is 63.1 Å². The molecule has 6 nitrogen and oxygen atoms in total. The Labute approximate surface area is 150 Å². The number of nitrogens with one attached hydrogen (secondary N) is 1. The van der Waals surface area contributed by atoms with Crippen molar-refractivity contribution in [3.05, 3.63) is 11.6 Å². The molecule has 2 aliphatic carbocycles. The lowest BCUT2D eigenvalue weighted by molar-refractivity contribution is 0.151. The number of aryl methyl sites for hydroxylation is 1. The van der Waals surface area contributed by atoms with Crippen molar-refractivity contribution in [2.75, 3.05) is 6.54 Å². The number of rotatable bonds is 5. The normalized spacial score (nSPS) is 21.4. The maximum atomic E-state index is 12.9. The molecule has 0 unspecified atom stereocenters. The van der Waals surface area contributed by atoms with Crippen LogP contribution in [0.5, 0.6) is 0 Å². The third kappa shape index (κ3) is 4.15. The smallest absolute Gasteiger partial charge is 0.318 e. The van der Waals surface area contributed by atoms with Gasteiger partial charge >= 0.3 is 6.03 Å². The van der Waals surface area contributed by atoms with E-state index in [9.17, 15) is 4.79 Å². The number of fused-ring (bicyclic) bond motifs is 1. The predicted molar refractivity (Wildman–Crippen MR) is 96.1 cm³/mol. The Hall–Kier alpha value is -1.59. The van der Waals surface area contributed by atoms with Gasteiger partial charge in [-0.2, -0.15) is 0 Å². The molecular formula is C19H31N5O. The minimum atomic E-state index is 0.102. The van der Waals surface area contributed by atoms with Crippen molar-refractivity contribution in [2.24, 2.45) is 5.92 Å². The number of carbonyl (C=O) groups excluding carboxylic acids is 1. The summed E-state index contributed by atoms with van der Waals surface area (Å²) in [5, 5.41) is 11.8. The van der Waals surface area contributed by atoms with Gasteiger partial charge in [0.15, 0.2) is 5.82 Å². The number of amides is 2. The number of urea groups is 1. The Balaban J connectivity index is 1.38. The van der Waals surface area contributed by atoms with E-state index in [4.69, 9.17) is 0 Å². The van der Waals surface area contributed by atoms with Crippen molar-refractivity contribution in [3.8, 4) is 0 Å². The van der Waals surface area contributed by atoms with Gasteiger partial charge in [-0.1, -0.05) is 25.7 Å². The molecule has 1 N–H and O–H groups in total. The van der Waals surface area contributed by atoms with Crippen LogP contribution in [0.1, 0.15) is 75.9 Å². The Bertz CT molecular complexity index is 589. The lowest BCUT2D eigenvalue weighted by Crippen LogP contribution is -2.47. The van der Waals surface area contributed by atoms with Crippen LogP contribution in [0.25, 0.3) is 0 Å². The molecule has 0 saturated heterocycles. The zero-order chi connectivity index (χ0) is 17.1. The van der Waals surface area contributed by atoms with Crippen LogP contribution in [0.15, 0.2) is 0 Å². The first-order chi connectivity index (χ1) is 12.3. The highest BCUT2D eigenvalue weighted by molar-refractivity contribution is 5.74. The van der Waals surface area contributed by atoms with Crippen molar-refractivity contribution in [1.29, 1.82) is 0 Å². The fourth-order valence-corrected chi connectivity index (χ4v) is 4.30. The van der Waals surface area contributed by atoms with Gasteiger partial charge in [-0.05, 0) is 44.4 Å². The molecule has 0 bridgehead atoms. The molecule has 0 atom stereocenters. The first-order valence-corrected chi connectivity index (χ1v) is 10.3. The van der Waals surface area contributed by atoms with Gasteiger partial charge in [0.25, 0.3) is 0 Å². The van der Waals surface area contributed by atoms with Crippen molar-refractivity contribution in [1.82, 2.24) is 25.0 Å². The molecule has 4 rings (SSSR count). The van der Waals surface area contributed by atoms with Crippen LogP contribution in [0.3, 0.4) is 0 Å². The molecule has 2 amide bonds. The second kappa shape index (κ2) is 7.75. The average Bonchev–Trinajstić information content (AvgIpc) is 3.43. The Morgan fingerprint density at radius 1 is 1.04 bits per heavy atom. The fraction of sp³-hybridized carbons (Fsp3) is 0.842. The second-order valence-electron chi connectivity index (χ2n) is 8.04. The van der Waals surface area contributed by atoms with Crippen molar-refractivity contribution >= 4 is 6.03 Å². The third-order valence-electron chi connectivity index (χ3n) is 6.01. The van der Waals surface area contributed by atoms with E-state index in [-0.39, 0.29) is 6.03 Å². The Kier molecular flexibility index (Phi) is 5.22. The van der Waals surface area contributed by atoms with Crippen LogP contribution in [0.4, 0.5) is 4.79 Å². The van der Waals surface area contributed by atoms with Gasteiger partial charge < -0.3 is 14.8 Å². The van der Waals surface area contributed by atoms with E-state index in [1.54, 1.807) is 0 Å². The molecule has 138 valence electrons. The SMILES string of the molecule is O=C(NCc1nnc2n1CCCCC2)N(CC1CC1)C1CCCCC1. The van der Waals surface area contributed by atoms with Crippen LogP contribution < -0.4 is 5.32 Å². The molecule has 1 aromatic rings. The number of aromatic nitrogens is 3. The largest absolute Gasteiger partial charge is 0.331 e. The minimum Gasteiger partial charge on any atom is -0.331 e. The lowest BCUT2D eigenvalue weighted by Gasteiger charge is -2.34. The second-order valence-corrected chi connectivity index (χ2v) is 8.04. The van der Waals surface area contributed by atoms with E-state index in [2.05, 4.69) is 25.0 Å². The summed E-state index contributed by atoms with van der Waals surface area (Å²) >= 11 is 0. The highest BCUT2D eigenvalue weighted by atomic mass is 16.2. The molecule has 25 heavy (non-hydrogen) atoms. The molecular weight excluding hydrogens is 314 g/mol. The molecule has 2 fully saturated rings. The maximum absolute atomic E-state index is 12.9. The molecule has 6 heteroatoms. The highest BCUT2D eigenvalue weighted by Crippen LogP contribution is 2.32. The summed E-state index contributed by atoms with van der Waals surface area (Å²) < 4.78 is 2.22. The van der Waals surface area contributed by atoms with Crippen LogP contribution in [-0.4, -0.2) is 38.3 Å². The molecule has 2 saturated carbocycles. The molecule has 3 aliphatic rings.